The Balaban J connectivity index is 1.49. The number of hydrogen-bond donors (Lipinski definition) is 1. The molecule has 2 fully saturated rings. The van der Waals surface area contributed by atoms with Crippen molar-refractivity contribution in [3.63, 3.8) is 0 Å². The van der Waals surface area contributed by atoms with Crippen LogP contribution in [0, 0.1) is 5.92 Å². The number of aromatic nitrogens is 2. The number of carbonyl (C=O) groups is 1. The van der Waals surface area contributed by atoms with Gasteiger partial charge in [0.05, 0.1) is 13.2 Å². The van der Waals surface area contributed by atoms with Crippen LogP contribution in [0.3, 0.4) is 0 Å². The number of carbonyl (C=O) groups excluding carboxylic acids is 1. The number of rotatable bonds is 4. The third-order valence-corrected chi connectivity index (χ3v) is 4.77. The summed E-state index contributed by atoms with van der Waals surface area (Å²) in [5.74, 6) is 0.482. The molecule has 2 saturated heterocycles. The Morgan fingerprint density at radius 1 is 1.12 bits per heavy atom. The summed E-state index contributed by atoms with van der Waals surface area (Å²) in [6, 6.07) is 2.35. The molecule has 1 aromatic rings. The molecular weight excluding hydrogens is 312 g/mol. The number of morpholine rings is 1. The molecule has 8 heteroatoms. The first kappa shape index (κ1) is 16.9. The molecule has 2 aliphatic heterocycles. The second kappa shape index (κ2) is 7.76. The maximum atomic E-state index is 12.3. The molecule has 1 amide bonds. The van der Waals surface area contributed by atoms with Gasteiger partial charge in [0.1, 0.15) is 6.54 Å². The van der Waals surface area contributed by atoms with E-state index in [0.29, 0.717) is 19.0 Å². The summed E-state index contributed by atoms with van der Waals surface area (Å²) >= 11 is 0. The lowest BCUT2D eigenvalue weighted by Gasteiger charge is -2.36. The molecule has 0 spiro atoms. The fraction of sp³-hybridized carbons (Fsp3) is 0.688. The monoisotopic (exact) mass is 336 g/mol. The summed E-state index contributed by atoms with van der Waals surface area (Å²) in [5, 5.41) is 2.39. The number of likely N-dealkylation sites (tertiary alicyclic amines) is 1. The standard InChI is InChI=1S/C16H24N4O4/c21-14-1-2-15(22)20(17-14)12-16(23)19-5-3-13(4-6-19)11-18-7-9-24-10-8-18/h1-2,13H,3-12H2,(H,17,21). The molecule has 2 aliphatic rings. The molecule has 0 saturated carbocycles. The third kappa shape index (κ3) is 4.33. The Labute approximate surface area is 140 Å². The highest BCUT2D eigenvalue weighted by atomic mass is 16.5. The van der Waals surface area contributed by atoms with Crippen molar-refractivity contribution in [3.05, 3.63) is 32.8 Å². The van der Waals surface area contributed by atoms with Crippen LogP contribution in [0.5, 0.6) is 0 Å². The van der Waals surface area contributed by atoms with Crippen LogP contribution in [0.2, 0.25) is 0 Å². The minimum atomic E-state index is -0.383. The number of piperidine rings is 1. The maximum absolute atomic E-state index is 12.3. The van der Waals surface area contributed by atoms with E-state index in [1.807, 2.05) is 0 Å². The van der Waals surface area contributed by atoms with E-state index in [0.717, 1.165) is 50.4 Å². The van der Waals surface area contributed by atoms with Crippen molar-refractivity contribution >= 4 is 5.91 Å². The van der Waals surface area contributed by atoms with Crippen LogP contribution >= 0.6 is 0 Å². The first-order chi connectivity index (χ1) is 11.6. The van der Waals surface area contributed by atoms with E-state index in [9.17, 15) is 14.4 Å². The molecule has 3 rings (SSSR count). The van der Waals surface area contributed by atoms with Gasteiger partial charge in [0.25, 0.3) is 11.1 Å². The van der Waals surface area contributed by atoms with Crippen molar-refractivity contribution in [2.45, 2.75) is 19.4 Å². The van der Waals surface area contributed by atoms with E-state index in [1.54, 1.807) is 4.90 Å². The van der Waals surface area contributed by atoms with Crippen LogP contribution in [-0.4, -0.2) is 71.4 Å². The molecule has 3 heterocycles. The lowest BCUT2D eigenvalue weighted by Crippen LogP contribution is -2.45. The normalized spacial score (nSPS) is 20.2. The third-order valence-electron chi connectivity index (χ3n) is 4.77. The van der Waals surface area contributed by atoms with E-state index < -0.39 is 0 Å². The second-order valence-electron chi connectivity index (χ2n) is 6.47. The van der Waals surface area contributed by atoms with Crippen molar-refractivity contribution < 1.29 is 9.53 Å². The highest BCUT2D eigenvalue weighted by Crippen LogP contribution is 2.19. The van der Waals surface area contributed by atoms with Gasteiger partial charge in [-0.25, -0.2) is 4.68 Å². The predicted molar refractivity (Wildman–Crippen MR) is 87.9 cm³/mol. The van der Waals surface area contributed by atoms with Gasteiger partial charge < -0.3 is 9.64 Å². The Bertz CT molecular complexity index is 669. The van der Waals surface area contributed by atoms with Crippen molar-refractivity contribution in [3.8, 4) is 0 Å². The molecular formula is C16H24N4O4. The highest BCUT2D eigenvalue weighted by molar-refractivity contribution is 5.75. The van der Waals surface area contributed by atoms with Gasteiger partial charge in [-0.2, -0.15) is 0 Å². The fourth-order valence-corrected chi connectivity index (χ4v) is 3.33. The molecule has 1 N–H and O–H groups in total. The van der Waals surface area contributed by atoms with E-state index in [-0.39, 0.29) is 23.6 Å². The van der Waals surface area contributed by atoms with E-state index in [4.69, 9.17) is 4.74 Å². The molecule has 1 aromatic heterocycles. The van der Waals surface area contributed by atoms with Crippen LogP contribution in [0.4, 0.5) is 0 Å². The average Bonchev–Trinajstić information content (AvgIpc) is 2.60. The number of ether oxygens (including phenoxy) is 1. The summed E-state index contributed by atoms with van der Waals surface area (Å²) in [4.78, 5) is 39.5. The molecule has 24 heavy (non-hydrogen) atoms. The number of hydrogen-bond acceptors (Lipinski definition) is 5. The van der Waals surface area contributed by atoms with E-state index in [2.05, 4.69) is 10.00 Å². The van der Waals surface area contributed by atoms with E-state index in [1.165, 1.54) is 12.1 Å². The Morgan fingerprint density at radius 3 is 2.54 bits per heavy atom. The summed E-state index contributed by atoms with van der Waals surface area (Å²) in [6.45, 7) is 5.97. The van der Waals surface area contributed by atoms with Gasteiger partial charge in [-0.1, -0.05) is 0 Å². The van der Waals surface area contributed by atoms with Gasteiger partial charge in [0.15, 0.2) is 0 Å². The zero-order chi connectivity index (χ0) is 16.9. The van der Waals surface area contributed by atoms with Crippen LogP contribution in [0.25, 0.3) is 0 Å². The lowest BCUT2D eigenvalue weighted by atomic mass is 9.96. The quantitative estimate of drug-likeness (QED) is 0.770. The molecule has 0 radical (unpaired) electrons. The van der Waals surface area contributed by atoms with Crippen molar-refractivity contribution in [1.29, 1.82) is 0 Å². The van der Waals surface area contributed by atoms with Gasteiger partial charge in [-0.05, 0) is 18.8 Å². The molecule has 0 aliphatic carbocycles. The molecule has 132 valence electrons. The Kier molecular flexibility index (Phi) is 5.47. The molecule has 8 nitrogen and oxygen atoms in total. The second-order valence-corrected chi connectivity index (χ2v) is 6.47. The van der Waals surface area contributed by atoms with Gasteiger partial charge in [-0.3, -0.25) is 24.4 Å². The van der Waals surface area contributed by atoms with Gasteiger partial charge in [0, 0.05) is 44.9 Å². The topological polar surface area (TPSA) is 87.6 Å². The van der Waals surface area contributed by atoms with Crippen LogP contribution < -0.4 is 11.1 Å². The minimum Gasteiger partial charge on any atom is -0.379 e. The average molecular weight is 336 g/mol. The SMILES string of the molecule is O=C(Cn1[nH]c(=O)ccc1=O)N1CCC(CN2CCOCC2)CC1. The lowest BCUT2D eigenvalue weighted by molar-refractivity contribution is -0.133. The van der Waals surface area contributed by atoms with Gasteiger partial charge >= 0.3 is 0 Å². The predicted octanol–water partition coefficient (Wildman–Crippen LogP) is -0.893. The zero-order valence-electron chi connectivity index (χ0n) is 13.8. The van der Waals surface area contributed by atoms with Crippen LogP contribution in [-0.2, 0) is 16.1 Å². The van der Waals surface area contributed by atoms with Crippen molar-refractivity contribution in [2.24, 2.45) is 5.92 Å². The minimum absolute atomic E-state index is 0.108. The smallest absolute Gasteiger partial charge is 0.265 e. The largest absolute Gasteiger partial charge is 0.379 e. The van der Waals surface area contributed by atoms with Crippen molar-refractivity contribution in [2.75, 3.05) is 45.9 Å². The molecule has 0 aromatic carbocycles. The molecule has 0 bridgehead atoms. The highest BCUT2D eigenvalue weighted by Gasteiger charge is 2.25. The number of nitrogens with one attached hydrogen (secondary N) is 1. The van der Waals surface area contributed by atoms with Gasteiger partial charge in [-0.15, -0.1) is 0 Å². The fourth-order valence-electron chi connectivity index (χ4n) is 3.33. The summed E-state index contributed by atoms with van der Waals surface area (Å²) in [7, 11) is 0. The number of nitrogens with zero attached hydrogens (tertiary/aromatic N) is 3. The van der Waals surface area contributed by atoms with Crippen LogP contribution in [0.15, 0.2) is 21.7 Å². The first-order valence-electron chi connectivity index (χ1n) is 8.50. The number of aromatic amines is 1. The Morgan fingerprint density at radius 2 is 1.83 bits per heavy atom. The summed E-state index contributed by atoms with van der Waals surface area (Å²) < 4.78 is 6.44. The Hall–Kier alpha value is -1.93. The van der Waals surface area contributed by atoms with Gasteiger partial charge in [0.2, 0.25) is 5.91 Å². The van der Waals surface area contributed by atoms with Crippen LogP contribution in [0.1, 0.15) is 12.8 Å². The molecule has 0 atom stereocenters. The zero-order valence-corrected chi connectivity index (χ0v) is 13.8. The number of H-pyrrole nitrogens is 1. The van der Waals surface area contributed by atoms with E-state index >= 15 is 0 Å². The maximum Gasteiger partial charge on any atom is 0.265 e. The summed E-state index contributed by atoms with van der Waals surface area (Å²) in [5.41, 5.74) is -0.753. The van der Waals surface area contributed by atoms with Crippen molar-refractivity contribution in [1.82, 2.24) is 19.6 Å². The number of amides is 1. The summed E-state index contributed by atoms with van der Waals surface area (Å²) in [6.07, 6.45) is 1.95. The molecule has 0 unspecified atom stereocenters. The first-order valence-corrected chi connectivity index (χ1v) is 8.50.